The van der Waals surface area contributed by atoms with Gasteiger partial charge in [0.1, 0.15) is 17.3 Å². The summed E-state index contributed by atoms with van der Waals surface area (Å²) in [4.78, 5) is 0. The molecule has 0 aromatic heterocycles. The highest BCUT2D eigenvalue weighted by atomic mass is 19.1. The van der Waals surface area contributed by atoms with Crippen LogP contribution >= 0.6 is 0 Å². The van der Waals surface area contributed by atoms with Crippen molar-refractivity contribution >= 4 is 0 Å². The average molecular weight is 274 g/mol. The van der Waals surface area contributed by atoms with Crippen molar-refractivity contribution in [3.8, 4) is 11.5 Å². The van der Waals surface area contributed by atoms with Crippen molar-refractivity contribution in [3.05, 3.63) is 58.9 Å². The molecule has 0 saturated heterocycles. The number of benzene rings is 2. The Morgan fingerprint density at radius 2 is 1.85 bits per heavy atom. The first-order valence-corrected chi connectivity index (χ1v) is 6.76. The largest absolute Gasteiger partial charge is 0.457 e. The van der Waals surface area contributed by atoms with Crippen molar-refractivity contribution in [2.75, 3.05) is 0 Å². The second-order valence-electron chi connectivity index (χ2n) is 4.91. The van der Waals surface area contributed by atoms with Crippen LogP contribution in [0.15, 0.2) is 36.4 Å². The van der Waals surface area contributed by atoms with E-state index >= 15 is 0 Å². The molecular weight excluding hydrogens is 255 g/mol. The molecule has 2 rings (SSSR count). The highest BCUT2D eigenvalue weighted by molar-refractivity contribution is 5.42. The number of rotatable bonds is 4. The van der Waals surface area contributed by atoms with Gasteiger partial charge in [0.05, 0.1) is 6.10 Å². The van der Waals surface area contributed by atoms with Gasteiger partial charge in [0.25, 0.3) is 0 Å². The molecule has 0 aliphatic carbocycles. The summed E-state index contributed by atoms with van der Waals surface area (Å²) in [7, 11) is 0. The van der Waals surface area contributed by atoms with E-state index in [4.69, 9.17) is 4.74 Å². The molecule has 1 N–H and O–H groups in total. The van der Waals surface area contributed by atoms with Gasteiger partial charge in [0.2, 0.25) is 0 Å². The lowest BCUT2D eigenvalue weighted by Crippen LogP contribution is -1.99. The number of aliphatic hydroxyl groups excluding tert-OH is 1. The topological polar surface area (TPSA) is 29.5 Å². The number of ether oxygens (including phenoxy) is 1. The molecule has 3 heteroatoms. The van der Waals surface area contributed by atoms with Crippen molar-refractivity contribution in [3.63, 3.8) is 0 Å². The Hall–Kier alpha value is -1.87. The second-order valence-corrected chi connectivity index (χ2v) is 4.91. The summed E-state index contributed by atoms with van der Waals surface area (Å²) in [6.45, 7) is 5.36. The first kappa shape index (κ1) is 14.5. The number of halogens is 1. The van der Waals surface area contributed by atoms with Gasteiger partial charge in [0.15, 0.2) is 0 Å². The summed E-state index contributed by atoms with van der Waals surface area (Å²) in [6.07, 6.45) is 0.185. The molecule has 0 spiro atoms. The molecule has 20 heavy (non-hydrogen) atoms. The zero-order valence-electron chi connectivity index (χ0n) is 12.0. The molecule has 0 aliphatic heterocycles. The Balaban J connectivity index is 2.33. The highest BCUT2D eigenvalue weighted by Crippen LogP contribution is 2.32. The van der Waals surface area contributed by atoms with Crippen molar-refractivity contribution < 1.29 is 14.2 Å². The predicted octanol–water partition coefficient (Wildman–Crippen LogP) is 4.54. The zero-order valence-corrected chi connectivity index (χ0v) is 12.0. The van der Waals surface area contributed by atoms with Gasteiger partial charge in [-0.25, -0.2) is 4.39 Å². The van der Waals surface area contributed by atoms with E-state index in [9.17, 15) is 9.50 Å². The fourth-order valence-electron chi connectivity index (χ4n) is 2.01. The second kappa shape index (κ2) is 6.06. The average Bonchev–Trinajstić information content (AvgIpc) is 2.43. The van der Waals surface area contributed by atoms with Crippen LogP contribution in [0.5, 0.6) is 11.5 Å². The van der Waals surface area contributed by atoms with Gasteiger partial charge in [-0.2, -0.15) is 0 Å². The van der Waals surface area contributed by atoms with Crippen LogP contribution in [-0.4, -0.2) is 5.11 Å². The number of aryl methyl sites for hydroxylation is 2. The summed E-state index contributed by atoms with van der Waals surface area (Å²) >= 11 is 0. The molecule has 2 aromatic rings. The SMILES string of the molecule is CCc1ccc(Oc2cc(C)c(F)cc2[C@H](C)O)cc1. The van der Waals surface area contributed by atoms with Gasteiger partial charge in [-0.3, -0.25) is 0 Å². The minimum atomic E-state index is -0.782. The van der Waals surface area contributed by atoms with Crippen LogP contribution in [0.1, 0.15) is 36.6 Å². The van der Waals surface area contributed by atoms with Crippen LogP contribution in [0.2, 0.25) is 0 Å². The third-order valence-electron chi connectivity index (χ3n) is 3.30. The standard InChI is InChI=1S/C17H19FO2/c1-4-13-5-7-14(8-6-13)20-17-9-11(2)16(18)10-15(17)12(3)19/h5-10,12,19H,4H2,1-3H3/t12-/m0/s1. The molecule has 0 heterocycles. The molecule has 0 bridgehead atoms. The quantitative estimate of drug-likeness (QED) is 0.886. The molecule has 106 valence electrons. The Bertz CT molecular complexity index is 589. The summed E-state index contributed by atoms with van der Waals surface area (Å²) in [6, 6.07) is 10.7. The Labute approximate surface area is 118 Å². The molecule has 1 atom stereocenters. The van der Waals surface area contributed by atoms with Gasteiger partial charge >= 0.3 is 0 Å². The normalized spacial score (nSPS) is 12.2. The maximum absolute atomic E-state index is 13.6. The molecule has 0 saturated carbocycles. The van der Waals surface area contributed by atoms with Crippen molar-refractivity contribution in [1.29, 1.82) is 0 Å². The van der Waals surface area contributed by atoms with Crippen LogP contribution in [-0.2, 0) is 6.42 Å². The van der Waals surface area contributed by atoms with Gasteiger partial charge < -0.3 is 9.84 Å². The van der Waals surface area contributed by atoms with E-state index in [1.54, 1.807) is 19.9 Å². The Morgan fingerprint density at radius 1 is 1.20 bits per heavy atom. The zero-order chi connectivity index (χ0) is 14.7. The van der Waals surface area contributed by atoms with E-state index in [-0.39, 0.29) is 5.82 Å². The summed E-state index contributed by atoms with van der Waals surface area (Å²) in [5, 5.41) is 9.73. The third kappa shape index (κ3) is 3.17. The van der Waals surface area contributed by atoms with Gasteiger partial charge in [-0.05, 0) is 55.7 Å². The summed E-state index contributed by atoms with van der Waals surface area (Å²) in [5.74, 6) is 0.827. The van der Waals surface area contributed by atoms with Gasteiger partial charge in [-0.15, -0.1) is 0 Å². The van der Waals surface area contributed by atoms with Gasteiger partial charge in [-0.1, -0.05) is 19.1 Å². The Kier molecular flexibility index (Phi) is 4.40. The Morgan fingerprint density at radius 3 is 2.40 bits per heavy atom. The van der Waals surface area contributed by atoms with Crippen molar-refractivity contribution in [1.82, 2.24) is 0 Å². The van der Waals surface area contributed by atoms with Crippen LogP contribution in [0.4, 0.5) is 4.39 Å². The van der Waals surface area contributed by atoms with Crippen LogP contribution in [0.3, 0.4) is 0 Å². The lowest BCUT2D eigenvalue weighted by molar-refractivity contribution is 0.195. The molecule has 0 aliphatic rings. The molecule has 2 aromatic carbocycles. The van der Waals surface area contributed by atoms with E-state index < -0.39 is 6.10 Å². The van der Waals surface area contributed by atoms with Gasteiger partial charge in [0, 0.05) is 5.56 Å². The molecule has 0 fully saturated rings. The summed E-state index contributed by atoms with van der Waals surface area (Å²) in [5.41, 5.74) is 2.17. The van der Waals surface area contributed by atoms with E-state index in [2.05, 4.69) is 6.92 Å². The predicted molar refractivity (Wildman–Crippen MR) is 77.7 cm³/mol. The van der Waals surface area contributed by atoms with Crippen LogP contribution < -0.4 is 4.74 Å². The lowest BCUT2D eigenvalue weighted by Gasteiger charge is -2.15. The fourth-order valence-corrected chi connectivity index (χ4v) is 2.01. The van der Waals surface area contributed by atoms with Crippen LogP contribution in [0, 0.1) is 12.7 Å². The number of hydrogen-bond donors (Lipinski definition) is 1. The number of hydrogen-bond acceptors (Lipinski definition) is 2. The van der Waals surface area contributed by atoms with Crippen molar-refractivity contribution in [2.45, 2.75) is 33.3 Å². The van der Waals surface area contributed by atoms with E-state index in [1.807, 2.05) is 24.3 Å². The highest BCUT2D eigenvalue weighted by Gasteiger charge is 2.13. The first-order chi connectivity index (χ1) is 9.51. The monoisotopic (exact) mass is 274 g/mol. The minimum absolute atomic E-state index is 0.338. The van der Waals surface area contributed by atoms with E-state index in [0.29, 0.717) is 22.6 Å². The summed E-state index contributed by atoms with van der Waals surface area (Å²) < 4.78 is 19.4. The maximum Gasteiger partial charge on any atom is 0.133 e. The molecule has 2 nitrogen and oxygen atoms in total. The lowest BCUT2D eigenvalue weighted by atomic mass is 10.1. The molecule has 0 unspecified atom stereocenters. The van der Waals surface area contributed by atoms with Crippen molar-refractivity contribution in [2.24, 2.45) is 0 Å². The maximum atomic E-state index is 13.6. The molecule has 0 amide bonds. The van der Waals surface area contributed by atoms with Crippen LogP contribution in [0.25, 0.3) is 0 Å². The smallest absolute Gasteiger partial charge is 0.133 e. The fraction of sp³-hybridized carbons (Fsp3) is 0.294. The first-order valence-electron chi connectivity index (χ1n) is 6.76. The van der Waals surface area contributed by atoms with E-state index in [0.717, 1.165) is 6.42 Å². The van der Waals surface area contributed by atoms with E-state index in [1.165, 1.54) is 11.6 Å². The minimum Gasteiger partial charge on any atom is -0.457 e. The number of aliphatic hydroxyl groups is 1. The molecular formula is C17H19FO2. The molecule has 0 radical (unpaired) electrons. The third-order valence-corrected chi connectivity index (χ3v) is 3.30.